The van der Waals surface area contributed by atoms with Crippen molar-refractivity contribution in [2.24, 2.45) is 5.92 Å². The lowest BCUT2D eigenvalue weighted by atomic mass is 10.3. The number of nitrogens with zero attached hydrogens (tertiary/aromatic N) is 2. The third-order valence-corrected chi connectivity index (χ3v) is 3.02. The summed E-state index contributed by atoms with van der Waals surface area (Å²) in [5.74, 6) is 1.56. The van der Waals surface area contributed by atoms with E-state index in [4.69, 9.17) is 5.73 Å². The van der Waals surface area contributed by atoms with E-state index in [1.807, 2.05) is 13.8 Å². The Bertz CT molecular complexity index is 368. The number of anilines is 1. The van der Waals surface area contributed by atoms with Crippen molar-refractivity contribution in [1.29, 1.82) is 0 Å². The molecule has 6 heteroatoms. The van der Waals surface area contributed by atoms with Crippen molar-refractivity contribution in [2.45, 2.75) is 18.9 Å². The van der Waals surface area contributed by atoms with E-state index in [9.17, 15) is 10.1 Å². The summed E-state index contributed by atoms with van der Waals surface area (Å²) in [5.41, 5.74) is 5.51. The normalized spacial score (nSPS) is 10.6. The topological polar surface area (TPSA) is 82.0 Å². The SMILES string of the molecule is CC(C)CSc1nc(N)ccc1[N+](=O)[O-]. The molecular weight excluding hydrogens is 214 g/mol. The number of aromatic nitrogens is 1. The molecule has 0 aromatic carbocycles. The minimum atomic E-state index is -0.435. The fraction of sp³-hybridized carbons (Fsp3) is 0.444. The molecule has 0 aliphatic heterocycles. The van der Waals surface area contributed by atoms with E-state index in [0.29, 0.717) is 16.8 Å². The van der Waals surface area contributed by atoms with Gasteiger partial charge < -0.3 is 5.73 Å². The maximum absolute atomic E-state index is 10.7. The second kappa shape index (κ2) is 4.97. The molecule has 1 rings (SSSR count). The van der Waals surface area contributed by atoms with Crippen LogP contribution in [0.4, 0.5) is 11.5 Å². The fourth-order valence-corrected chi connectivity index (χ4v) is 1.89. The van der Waals surface area contributed by atoms with Crippen molar-refractivity contribution in [3.8, 4) is 0 Å². The molecular formula is C9H13N3O2S. The van der Waals surface area contributed by atoms with Gasteiger partial charge in [0.1, 0.15) is 5.82 Å². The standard InChI is InChI=1S/C9H13N3O2S/c1-6(2)5-15-9-7(12(13)14)3-4-8(10)11-9/h3-4,6H,5H2,1-2H3,(H2,10,11). The first kappa shape index (κ1) is 11.8. The van der Waals surface area contributed by atoms with Gasteiger partial charge in [-0.15, -0.1) is 0 Å². The summed E-state index contributed by atoms with van der Waals surface area (Å²) < 4.78 is 0. The summed E-state index contributed by atoms with van der Waals surface area (Å²) in [6, 6.07) is 2.84. The molecule has 0 saturated carbocycles. The molecule has 0 aliphatic rings. The highest BCUT2D eigenvalue weighted by Gasteiger charge is 2.16. The molecule has 0 saturated heterocycles. The smallest absolute Gasteiger partial charge is 0.301 e. The van der Waals surface area contributed by atoms with Crippen molar-refractivity contribution in [1.82, 2.24) is 4.98 Å². The van der Waals surface area contributed by atoms with Gasteiger partial charge in [-0.2, -0.15) is 0 Å². The number of nitro groups is 1. The predicted molar refractivity (Wildman–Crippen MR) is 60.9 cm³/mol. The first-order valence-electron chi connectivity index (χ1n) is 4.54. The highest BCUT2D eigenvalue weighted by molar-refractivity contribution is 7.99. The summed E-state index contributed by atoms with van der Waals surface area (Å²) in [5, 5.41) is 11.1. The zero-order valence-corrected chi connectivity index (χ0v) is 9.45. The highest BCUT2D eigenvalue weighted by Crippen LogP contribution is 2.29. The summed E-state index contributed by atoms with van der Waals surface area (Å²) in [4.78, 5) is 14.2. The number of thioether (sulfide) groups is 1. The molecule has 0 unspecified atom stereocenters. The van der Waals surface area contributed by atoms with Crippen LogP contribution in [0.25, 0.3) is 0 Å². The lowest BCUT2D eigenvalue weighted by molar-refractivity contribution is -0.388. The van der Waals surface area contributed by atoms with E-state index >= 15 is 0 Å². The third kappa shape index (κ3) is 3.39. The molecule has 1 heterocycles. The summed E-state index contributed by atoms with van der Waals surface area (Å²) in [6.07, 6.45) is 0. The van der Waals surface area contributed by atoms with Crippen molar-refractivity contribution < 1.29 is 4.92 Å². The molecule has 0 aliphatic carbocycles. The maximum Gasteiger partial charge on any atom is 0.301 e. The molecule has 0 atom stereocenters. The van der Waals surface area contributed by atoms with Gasteiger partial charge >= 0.3 is 5.69 Å². The Morgan fingerprint density at radius 3 is 2.80 bits per heavy atom. The second-order valence-electron chi connectivity index (χ2n) is 3.52. The average Bonchev–Trinajstić information content (AvgIpc) is 2.14. The third-order valence-electron chi connectivity index (χ3n) is 1.61. The van der Waals surface area contributed by atoms with E-state index in [0.717, 1.165) is 5.75 Å². The van der Waals surface area contributed by atoms with Gasteiger partial charge in [-0.3, -0.25) is 10.1 Å². The molecule has 82 valence electrons. The van der Waals surface area contributed by atoms with Crippen molar-refractivity contribution in [2.75, 3.05) is 11.5 Å². The number of hydrogen-bond donors (Lipinski definition) is 1. The average molecular weight is 227 g/mol. The van der Waals surface area contributed by atoms with Crippen molar-refractivity contribution >= 4 is 23.3 Å². The molecule has 2 N–H and O–H groups in total. The van der Waals surface area contributed by atoms with Crippen LogP contribution in [0.5, 0.6) is 0 Å². The van der Waals surface area contributed by atoms with E-state index in [2.05, 4.69) is 4.98 Å². The van der Waals surface area contributed by atoms with Gasteiger partial charge in [-0.1, -0.05) is 25.6 Å². The van der Waals surface area contributed by atoms with Crippen LogP contribution in [0.1, 0.15) is 13.8 Å². The Balaban J connectivity index is 2.92. The molecule has 5 nitrogen and oxygen atoms in total. The highest BCUT2D eigenvalue weighted by atomic mass is 32.2. The zero-order chi connectivity index (χ0) is 11.4. The Morgan fingerprint density at radius 2 is 2.27 bits per heavy atom. The Morgan fingerprint density at radius 1 is 1.60 bits per heavy atom. The number of pyridine rings is 1. The monoisotopic (exact) mass is 227 g/mol. The Kier molecular flexibility index (Phi) is 3.90. The van der Waals surface area contributed by atoms with Gasteiger partial charge in [-0.05, 0) is 12.0 Å². The molecule has 0 radical (unpaired) electrons. The summed E-state index contributed by atoms with van der Waals surface area (Å²) in [6.45, 7) is 4.09. The number of rotatable bonds is 4. The van der Waals surface area contributed by atoms with Gasteiger partial charge in [0.05, 0.1) is 4.92 Å². The minimum absolute atomic E-state index is 0.0230. The molecule has 0 amide bonds. The van der Waals surface area contributed by atoms with E-state index in [-0.39, 0.29) is 5.69 Å². The molecule has 0 spiro atoms. The molecule has 0 fully saturated rings. The van der Waals surface area contributed by atoms with Crippen LogP contribution in [0.15, 0.2) is 17.2 Å². The number of hydrogen-bond acceptors (Lipinski definition) is 5. The van der Waals surface area contributed by atoms with Gasteiger partial charge in [0.2, 0.25) is 0 Å². The van der Waals surface area contributed by atoms with Crippen LogP contribution < -0.4 is 5.73 Å². The van der Waals surface area contributed by atoms with E-state index < -0.39 is 4.92 Å². The van der Waals surface area contributed by atoms with Gasteiger partial charge in [-0.25, -0.2) is 4.98 Å². The van der Waals surface area contributed by atoms with Crippen LogP contribution in [0, 0.1) is 16.0 Å². The Hall–Kier alpha value is -1.30. The van der Waals surface area contributed by atoms with Crippen LogP contribution >= 0.6 is 11.8 Å². The number of nitrogens with two attached hydrogens (primary N) is 1. The predicted octanol–water partition coefficient (Wildman–Crippen LogP) is 2.32. The lowest BCUT2D eigenvalue weighted by Gasteiger charge is -2.04. The summed E-state index contributed by atoms with van der Waals surface area (Å²) >= 11 is 1.36. The van der Waals surface area contributed by atoms with E-state index in [1.165, 1.54) is 23.9 Å². The fourth-order valence-electron chi connectivity index (χ4n) is 0.938. The van der Waals surface area contributed by atoms with Crippen LogP contribution in [0.3, 0.4) is 0 Å². The van der Waals surface area contributed by atoms with Crippen LogP contribution in [-0.2, 0) is 0 Å². The molecule has 0 bridgehead atoms. The minimum Gasteiger partial charge on any atom is -0.384 e. The first-order chi connectivity index (χ1) is 7.00. The Labute approximate surface area is 92.2 Å². The second-order valence-corrected chi connectivity index (χ2v) is 4.53. The van der Waals surface area contributed by atoms with Gasteiger partial charge in [0, 0.05) is 11.8 Å². The quantitative estimate of drug-likeness (QED) is 0.485. The van der Waals surface area contributed by atoms with Crippen LogP contribution in [-0.4, -0.2) is 15.7 Å². The van der Waals surface area contributed by atoms with Gasteiger partial charge in [0.15, 0.2) is 5.03 Å². The first-order valence-corrected chi connectivity index (χ1v) is 5.53. The maximum atomic E-state index is 10.7. The number of nitrogen functional groups attached to an aromatic ring is 1. The van der Waals surface area contributed by atoms with E-state index in [1.54, 1.807) is 0 Å². The van der Waals surface area contributed by atoms with Gasteiger partial charge in [0.25, 0.3) is 0 Å². The molecule has 15 heavy (non-hydrogen) atoms. The summed E-state index contributed by atoms with van der Waals surface area (Å²) in [7, 11) is 0. The lowest BCUT2D eigenvalue weighted by Crippen LogP contribution is -1.99. The largest absolute Gasteiger partial charge is 0.384 e. The molecule has 1 aromatic heterocycles. The molecule has 1 aromatic rings. The van der Waals surface area contributed by atoms with Crippen molar-refractivity contribution in [3.63, 3.8) is 0 Å². The van der Waals surface area contributed by atoms with Crippen molar-refractivity contribution in [3.05, 3.63) is 22.2 Å². The zero-order valence-electron chi connectivity index (χ0n) is 8.64. The van der Waals surface area contributed by atoms with Crippen LogP contribution in [0.2, 0.25) is 0 Å².